The minimum absolute atomic E-state index is 0.255. The highest BCUT2D eigenvalue weighted by atomic mass is 32.2. The van der Waals surface area contributed by atoms with Gasteiger partial charge in [0.1, 0.15) is 0 Å². The van der Waals surface area contributed by atoms with Crippen molar-refractivity contribution in [2.75, 3.05) is 39.8 Å². The molecule has 0 aromatic carbocycles. The normalized spacial score (nSPS) is 19.6. The molecule has 1 unspecified atom stereocenters. The molecule has 0 amide bonds. The van der Waals surface area contributed by atoms with E-state index in [0.29, 0.717) is 26.1 Å². The molecule has 0 bridgehead atoms. The van der Waals surface area contributed by atoms with Gasteiger partial charge in [0, 0.05) is 26.2 Å². The molecular weight excluding hydrogens is 252 g/mol. The predicted octanol–water partition coefficient (Wildman–Crippen LogP) is -0.414. The van der Waals surface area contributed by atoms with Crippen LogP contribution in [0.4, 0.5) is 0 Å². The summed E-state index contributed by atoms with van der Waals surface area (Å²) in [5.74, 6) is 0. The van der Waals surface area contributed by atoms with E-state index in [0.717, 1.165) is 13.1 Å². The summed E-state index contributed by atoms with van der Waals surface area (Å²) in [7, 11) is -1.77. The van der Waals surface area contributed by atoms with E-state index in [1.165, 1.54) is 17.1 Å². The lowest BCUT2D eigenvalue weighted by Gasteiger charge is -2.25. The Kier molecular flexibility index (Phi) is 6.51. The molecular formula is C11H26N4O2S. The van der Waals surface area contributed by atoms with E-state index in [9.17, 15) is 8.42 Å². The van der Waals surface area contributed by atoms with Crippen molar-refractivity contribution < 1.29 is 8.42 Å². The lowest BCUT2D eigenvalue weighted by Crippen LogP contribution is -2.45. The summed E-state index contributed by atoms with van der Waals surface area (Å²) in [6.07, 6.45) is 3.11. The second kappa shape index (κ2) is 7.40. The van der Waals surface area contributed by atoms with E-state index in [1.807, 2.05) is 0 Å². The molecule has 0 aliphatic carbocycles. The Balaban J connectivity index is 2.35. The maximum Gasteiger partial charge on any atom is 0.279 e. The summed E-state index contributed by atoms with van der Waals surface area (Å²) in [6, 6.07) is 0.255. The maximum absolute atomic E-state index is 11.9. The number of nitrogens with one attached hydrogen (secondary N) is 1. The van der Waals surface area contributed by atoms with Gasteiger partial charge < -0.3 is 5.73 Å². The maximum atomic E-state index is 11.9. The van der Waals surface area contributed by atoms with Crippen LogP contribution in [-0.4, -0.2) is 63.4 Å². The molecule has 18 heavy (non-hydrogen) atoms. The van der Waals surface area contributed by atoms with E-state index >= 15 is 0 Å². The zero-order valence-corrected chi connectivity index (χ0v) is 12.2. The van der Waals surface area contributed by atoms with Gasteiger partial charge in [-0.1, -0.05) is 0 Å². The number of hydrogen-bond donors (Lipinski definition) is 2. The van der Waals surface area contributed by atoms with Crippen molar-refractivity contribution in [2.45, 2.75) is 32.2 Å². The van der Waals surface area contributed by atoms with Gasteiger partial charge in [-0.2, -0.15) is 12.7 Å². The quantitative estimate of drug-likeness (QED) is 0.632. The van der Waals surface area contributed by atoms with Crippen molar-refractivity contribution in [3.63, 3.8) is 0 Å². The summed E-state index contributed by atoms with van der Waals surface area (Å²) >= 11 is 0. The van der Waals surface area contributed by atoms with Crippen molar-refractivity contribution in [3.8, 4) is 0 Å². The van der Waals surface area contributed by atoms with Gasteiger partial charge in [0.2, 0.25) is 0 Å². The molecule has 1 aliphatic heterocycles. The van der Waals surface area contributed by atoms with Crippen LogP contribution in [0.25, 0.3) is 0 Å². The summed E-state index contributed by atoms with van der Waals surface area (Å²) < 4.78 is 27.8. The van der Waals surface area contributed by atoms with Gasteiger partial charge >= 0.3 is 0 Å². The first-order valence-electron chi connectivity index (χ1n) is 6.62. The molecule has 1 heterocycles. The Morgan fingerprint density at radius 2 is 2.00 bits per heavy atom. The largest absolute Gasteiger partial charge is 0.330 e. The fourth-order valence-electron chi connectivity index (χ4n) is 2.08. The molecule has 1 rings (SSSR count). The minimum atomic E-state index is -3.36. The number of nitrogens with zero attached hydrogens (tertiary/aromatic N) is 2. The van der Waals surface area contributed by atoms with Gasteiger partial charge in [-0.25, -0.2) is 4.72 Å². The topological polar surface area (TPSA) is 78.7 Å². The Bertz CT molecular complexity index is 328. The van der Waals surface area contributed by atoms with Crippen LogP contribution < -0.4 is 10.5 Å². The molecule has 0 radical (unpaired) electrons. The molecule has 0 saturated carbocycles. The van der Waals surface area contributed by atoms with Crippen molar-refractivity contribution in [2.24, 2.45) is 5.73 Å². The molecule has 1 atom stereocenters. The van der Waals surface area contributed by atoms with E-state index < -0.39 is 10.2 Å². The Morgan fingerprint density at radius 3 is 2.56 bits per heavy atom. The predicted molar refractivity (Wildman–Crippen MR) is 73.5 cm³/mol. The lowest BCUT2D eigenvalue weighted by molar-refractivity contribution is 0.258. The zero-order valence-electron chi connectivity index (χ0n) is 11.4. The first-order chi connectivity index (χ1) is 8.47. The van der Waals surface area contributed by atoms with Crippen LogP contribution in [0, 0.1) is 0 Å². The summed E-state index contributed by atoms with van der Waals surface area (Å²) in [5, 5.41) is 0. The average Bonchev–Trinajstić information content (AvgIpc) is 2.86. The third-order valence-electron chi connectivity index (χ3n) is 3.41. The molecule has 0 aromatic rings. The summed E-state index contributed by atoms with van der Waals surface area (Å²) in [6.45, 7) is 5.65. The standard InChI is InChI=1S/C11H26N4O2S/c1-11(15-8-3-4-9-15)10-13-18(16,17)14(2)7-5-6-12/h11,13H,3-10,12H2,1-2H3. The van der Waals surface area contributed by atoms with Gasteiger partial charge in [0.05, 0.1) is 0 Å². The third-order valence-corrected chi connectivity index (χ3v) is 4.95. The van der Waals surface area contributed by atoms with E-state index in [-0.39, 0.29) is 6.04 Å². The SMILES string of the molecule is CC(CNS(=O)(=O)N(C)CCCN)N1CCCC1. The number of hydrogen-bond acceptors (Lipinski definition) is 4. The first kappa shape index (κ1) is 15.8. The van der Waals surface area contributed by atoms with Crippen molar-refractivity contribution >= 4 is 10.2 Å². The molecule has 6 nitrogen and oxygen atoms in total. The highest BCUT2D eigenvalue weighted by molar-refractivity contribution is 7.87. The van der Waals surface area contributed by atoms with Gasteiger partial charge in [0.15, 0.2) is 0 Å². The zero-order chi connectivity index (χ0) is 13.6. The fraction of sp³-hybridized carbons (Fsp3) is 1.00. The van der Waals surface area contributed by atoms with Crippen LogP contribution in [0.5, 0.6) is 0 Å². The lowest BCUT2D eigenvalue weighted by atomic mass is 10.3. The summed E-state index contributed by atoms with van der Waals surface area (Å²) in [5.41, 5.74) is 5.38. The van der Waals surface area contributed by atoms with Crippen LogP contribution >= 0.6 is 0 Å². The second-order valence-electron chi connectivity index (χ2n) is 4.91. The fourth-order valence-corrected chi connectivity index (χ4v) is 3.12. The smallest absolute Gasteiger partial charge is 0.279 e. The number of nitrogens with two attached hydrogens (primary N) is 1. The highest BCUT2D eigenvalue weighted by Crippen LogP contribution is 2.11. The van der Waals surface area contributed by atoms with E-state index in [2.05, 4.69) is 16.5 Å². The van der Waals surface area contributed by atoms with Crippen molar-refractivity contribution in [1.29, 1.82) is 0 Å². The molecule has 3 N–H and O–H groups in total. The third kappa shape index (κ3) is 4.81. The molecule has 0 spiro atoms. The molecule has 1 fully saturated rings. The van der Waals surface area contributed by atoms with Crippen molar-refractivity contribution in [1.82, 2.24) is 13.9 Å². The number of rotatable bonds is 8. The molecule has 7 heteroatoms. The van der Waals surface area contributed by atoms with Crippen LogP contribution in [0.15, 0.2) is 0 Å². The molecule has 0 aromatic heterocycles. The summed E-state index contributed by atoms with van der Waals surface area (Å²) in [4.78, 5) is 2.32. The minimum Gasteiger partial charge on any atom is -0.330 e. The van der Waals surface area contributed by atoms with Gasteiger partial charge in [0.25, 0.3) is 10.2 Å². The Morgan fingerprint density at radius 1 is 1.39 bits per heavy atom. The van der Waals surface area contributed by atoms with Crippen LogP contribution in [0.3, 0.4) is 0 Å². The van der Waals surface area contributed by atoms with Crippen molar-refractivity contribution in [3.05, 3.63) is 0 Å². The molecule has 1 saturated heterocycles. The monoisotopic (exact) mass is 278 g/mol. The molecule has 1 aliphatic rings. The van der Waals surface area contributed by atoms with Gasteiger partial charge in [-0.3, -0.25) is 4.90 Å². The van der Waals surface area contributed by atoms with Gasteiger partial charge in [-0.05, 0) is 45.8 Å². The molecule has 108 valence electrons. The van der Waals surface area contributed by atoms with E-state index in [1.54, 1.807) is 7.05 Å². The van der Waals surface area contributed by atoms with Crippen LogP contribution in [-0.2, 0) is 10.2 Å². The average molecular weight is 278 g/mol. The van der Waals surface area contributed by atoms with Crippen LogP contribution in [0.1, 0.15) is 26.2 Å². The first-order valence-corrected chi connectivity index (χ1v) is 8.06. The Hall–Kier alpha value is -0.210. The van der Waals surface area contributed by atoms with E-state index in [4.69, 9.17) is 5.73 Å². The second-order valence-corrected chi connectivity index (χ2v) is 6.77. The number of likely N-dealkylation sites (tertiary alicyclic amines) is 1. The Labute approximate surface area is 111 Å². The van der Waals surface area contributed by atoms with Crippen LogP contribution in [0.2, 0.25) is 0 Å². The highest BCUT2D eigenvalue weighted by Gasteiger charge is 2.21. The van der Waals surface area contributed by atoms with Gasteiger partial charge in [-0.15, -0.1) is 0 Å².